The van der Waals surface area contributed by atoms with Crippen molar-refractivity contribution in [2.24, 2.45) is 0 Å². The average molecular weight is 358 g/mol. The quantitative estimate of drug-likeness (QED) is 0.277. The monoisotopic (exact) mass is 357 g/mol. The Morgan fingerprint density at radius 1 is 0.640 bits per heavy atom. The van der Waals surface area contributed by atoms with Crippen LogP contribution in [0.15, 0.2) is 0 Å². The van der Waals surface area contributed by atoms with Gasteiger partial charge in [-0.2, -0.15) is 0 Å². The predicted molar refractivity (Wildman–Crippen MR) is 109 cm³/mol. The summed E-state index contributed by atoms with van der Waals surface area (Å²) < 4.78 is 1.23. The molecular weight excluding hydrogens is 310 g/mol. The van der Waals surface area contributed by atoms with Crippen LogP contribution in [0.5, 0.6) is 0 Å². The molecule has 3 heteroatoms. The van der Waals surface area contributed by atoms with Gasteiger partial charge in [-0.3, -0.25) is 0 Å². The highest BCUT2D eigenvalue weighted by molar-refractivity contribution is 5.63. The van der Waals surface area contributed by atoms with E-state index in [9.17, 15) is 9.90 Å². The number of carbonyl (C=O) groups is 1. The van der Waals surface area contributed by atoms with Crippen molar-refractivity contribution in [3.8, 4) is 0 Å². The number of unbranched alkanes of at least 4 members (excludes halogenated alkanes) is 10. The third-order valence-corrected chi connectivity index (χ3v) is 4.72. The first-order valence-corrected chi connectivity index (χ1v) is 10.9. The summed E-state index contributed by atoms with van der Waals surface area (Å²) in [7, 11) is 4.77. The first kappa shape index (κ1) is 26.7. The van der Waals surface area contributed by atoms with Crippen LogP contribution in [0.1, 0.15) is 111 Å². The summed E-state index contributed by atoms with van der Waals surface area (Å²) in [5.41, 5.74) is 0. The molecule has 0 spiro atoms. The van der Waals surface area contributed by atoms with Crippen molar-refractivity contribution >= 4 is 5.97 Å². The van der Waals surface area contributed by atoms with E-state index < -0.39 is 5.97 Å². The molecule has 0 atom stereocenters. The summed E-state index contributed by atoms with van der Waals surface area (Å²) in [6.45, 7) is 9.44. The van der Waals surface area contributed by atoms with E-state index in [-0.39, 0.29) is 6.42 Å². The number of rotatable bonds is 16. The highest BCUT2D eigenvalue weighted by Gasteiger charge is 2.13. The van der Waals surface area contributed by atoms with Crippen LogP contribution in [0.2, 0.25) is 0 Å². The zero-order chi connectivity index (χ0) is 19.4. The van der Waals surface area contributed by atoms with Gasteiger partial charge in [0.25, 0.3) is 0 Å². The van der Waals surface area contributed by atoms with Crippen molar-refractivity contribution in [2.45, 2.75) is 111 Å². The van der Waals surface area contributed by atoms with E-state index in [1.807, 2.05) is 0 Å². The van der Waals surface area contributed by atoms with Crippen LogP contribution in [0.4, 0.5) is 0 Å². The second kappa shape index (κ2) is 19.8. The molecule has 0 rings (SSSR count). The molecule has 0 saturated carbocycles. The fraction of sp³-hybridized carbons (Fsp3) is 0.955. The van der Waals surface area contributed by atoms with Crippen LogP contribution in [0.3, 0.4) is 0 Å². The summed E-state index contributed by atoms with van der Waals surface area (Å²) >= 11 is 0. The molecule has 0 heterocycles. The lowest BCUT2D eigenvalue weighted by Gasteiger charge is -2.30. The van der Waals surface area contributed by atoms with Gasteiger partial charge in [-0.05, 0) is 38.5 Å². The normalized spacial score (nSPS) is 11.1. The number of carbonyl (C=O) groups excluding carboxylic acids is 1. The van der Waals surface area contributed by atoms with Gasteiger partial charge in [-0.15, -0.1) is 0 Å². The topological polar surface area (TPSA) is 40.1 Å². The Hall–Kier alpha value is -0.570. The third kappa shape index (κ3) is 25.8. The minimum absolute atomic E-state index is 0.226. The second-order valence-corrected chi connectivity index (χ2v) is 8.04. The van der Waals surface area contributed by atoms with E-state index in [0.717, 1.165) is 19.3 Å². The molecule has 0 saturated heterocycles. The summed E-state index contributed by atoms with van der Waals surface area (Å²) in [5.74, 6) is -0.920. The van der Waals surface area contributed by atoms with Gasteiger partial charge in [0.15, 0.2) is 0 Å². The second-order valence-electron chi connectivity index (χ2n) is 8.04. The van der Waals surface area contributed by atoms with Gasteiger partial charge in [-0.25, -0.2) is 0 Å². The number of hydrogen-bond acceptors (Lipinski definition) is 2. The van der Waals surface area contributed by atoms with Crippen LogP contribution < -0.4 is 5.11 Å². The van der Waals surface area contributed by atoms with Crippen molar-refractivity contribution in [1.82, 2.24) is 0 Å². The zero-order valence-electron chi connectivity index (χ0n) is 18.1. The number of hydrogen-bond donors (Lipinski definition) is 0. The summed E-state index contributed by atoms with van der Waals surface area (Å²) in [6.07, 6.45) is 16.8. The first-order chi connectivity index (χ1) is 11.9. The highest BCUT2D eigenvalue weighted by atomic mass is 16.4. The molecule has 0 radical (unpaired) electrons. The lowest BCUT2D eigenvalue weighted by Crippen LogP contribution is -2.41. The lowest BCUT2D eigenvalue weighted by atomic mass is 10.1. The molecule has 0 bridgehead atoms. The Morgan fingerprint density at radius 3 is 1.36 bits per heavy atom. The molecule has 0 aliphatic rings. The first-order valence-electron chi connectivity index (χ1n) is 10.9. The van der Waals surface area contributed by atoms with E-state index in [1.165, 1.54) is 81.8 Å². The molecule has 0 aliphatic heterocycles. The van der Waals surface area contributed by atoms with Crippen molar-refractivity contribution in [2.75, 3.05) is 27.2 Å². The molecule has 25 heavy (non-hydrogen) atoms. The van der Waals surface area contributed by atoms with Crippen LogP contribution in [-0.4, -0.2) is 37.6 Å². The number of nitrogens with zero attached hydrogens (tertiary/aromatic N) is 1. The predicted octanol–water partition coefficient (Wildman–Crippen LogP) is 5.32. The van der Waals surface area contributed by atoms with E-state index in [0.29, 0.717) is 0 Å². The van der Waals surface area contributed by atoms with Crippen molar-refractivity contribution in [3.63, 3.8) is 0 Å². The van der Waals surface area contributed by atoms with Gasteiger partial charge in [-0.1, -0.05) is 72.1 Å². The molecule has 152 valence electrons. The summed E-state index contributed by atoms with van der Waals surface area (Å²) in [5, 5.41) is 9.92. The molecule has 0 unspecified atom stereocenters. The van der Waals surface area contributed by atoms with Crippen LogP contribution >= 0.6 is 0 Å². The Kier molecular flexibility index (Phi) is 21.1. The third-order valence-electron chi connectivity index (χ3n) is 4.72. The molecule has 0 aromatic carbocycles. The fourth-order valence-corrected chi connectivity index (χ4v) is 2.92. The molecule has 0 N–H and O–H groups in total. The molecule has 0 fully saturated rings. The molecule has 3 nitrogen and oxygen atoms in total. The molecular formula is C22H47NO2. The lowest BCUT2D eigenvalue weighted by molar-refractivity contribution is -0.890. The van der Waals surface area contributed by atoms with Gasteiger partial charge in [0, 0.05) is 5.97 Å². The van der Waals surface area contributed by atoms with Crippen molar-refractivity contribution < 1.29 is 14.4 Å². The van der Waals surface area contributed by atoms with Gasteiger partial charge in [0.05, 0.1) is 27.2 Å². The van der Waals surface area contributed by atoms with Crippen molar-refractivity contribution in [1.29, 1.82) is 0 Å². The van der Waals surface area contributed by atoms with Crippen LogP contribution in [0, 0.1) is 0 Å². The van der Waals surface area contributed by atoms with Gasteiger partial charge in [0.2, 0.25) is 0 Å². The van der Waals surface area contributed by atoms with Gasteiger partial charge in [0.1, 0.15) is 0 Å². The number of quaternary nitrogens is 1. The van der Waals surface area contributed by atoms with Crippen LogP contribution in [-0.2, 0) is 4.79 Å². The summed E-state index contributed by atoms with van der Waals surface area (Å²) in [6, 6.07) is 0. The largest absolute Gasteiger partial charge is 0.550 e. The van der Waals surface area contributed by atoms with E-state index >= 15 is 0 Å². The Morgan fingerprint density at radius 2 is 1.00 bits per heavy atom. The minimum Gasteiger partial charge on any atom is -0.550 e. The molecule has 0 aromatic rings. The smallest absolute Gasteiger partial charge is 0.0782 e. The maximum Gasteiger partial charge on any atom is 0.0782 e. The average Bonchev–Trinajstić information content (AvgIpc) is 2.56. The zero-order valence-corrected chi connectivity index (χ0v) is 18.1. The fourth-order valence-electron chi connectivity index (χ4n) is 2.92. The maximum atomic E-state index is 9.92. The maximum absolute atomic E-state index is 9.92. The van der Waals surface area contributed by atoms with Gasteiger partial charge >= 0.3 is 0 Å². The number of aliphatic carboxylic acids is 1. The van der Waals surface area contributed by atoms with E-state index in [1.54, 1.807) is 0 Å². The van der Waals surface area contributed by atoms with E-state index in [2.05, 4.69) is 34.9 Å². The molecule has 0 aliphatic carbocycles. The van der Waals surface area contributed by atoms with Gasteiger partial charge < -0.3 is 14.4 Å². The molecule has 0 amide bonds. The minimum atomic E-state index is -0.920. The Labute approximate surface area is 158 Å². The number of carboxylic acid groups (broad SMARTS) is 1. The Balaban J connectivity index is 0. The van der Waals surface area contributed by atoms with E-state index in [4.69, 9.17) is 0 Å². The standard InChI is InChI=1S/C14H32N.C8H16O2/c1-5-7-9-11-13-15(3,4)14-12-10-8-6-2;1-2-3-4-5-6-7-8(9)10/h5-14H2,1-4H3;2-7H2,1H3,(H,9,10)/q+1;/p-1. The number of carboxylic acids is 1. The van der Waals surface area contributed by atoms with Crippen molar-refractivity contribution in [3.05, 3.63) is 0 Å². The van der Waals surface area contributed by atoms with Crippen LogP contribution in [0.25, 0.3) is 0 Å². The molecule has 0 aromatic heterocycles. The Bertz CT molecular complexity index is 263. The highest BCUT2D eigenvalue weighted by Crippen LogP contribution is 2.09. The SMILES string of the molecule is CCCCCCCC(=O)[O-].CCCCCC[N+](C)(C)CCCCCC. The summed E-state index contributed by atoms with van der Waals surface area (Å²) in [4.78, 5) is 9.92.